The van der Waals surface area contributed by atoms with Crippen LogP contribution in [0.15, 0.2) is 41.8 Å². The molecule has 1 aromatic rings. The fourth-order valence-electron chi connectivity index (χ4n) is 3.37. The molecule has 2 N–H and O–H groups in total. The van der Waals surface area contributed by atoms with Gasteiger partial charge in [-0.3, -0.25) is 4.79 Å². The number of amides is 1. The van der Waals surface area contributed by atoms with Gasteiger partial charge in [-0.15, -0.1) is 6.58 Å². The molecule has 1 amide bonds. The van der Waals surface area contributed by atoms with Gasteiger partial charge in [0.1, 0.15) is 0 Å². The van der Waals surface area contributed by atoms with Crippen molar-refractivity contribution in [1.82, 2.24) is 14.9 Å². The molecule has 0 atom stereocenters. The van der Waals surface area contributed by atoms with Crippen molar-refractivity contribution < 1.29 is 13.2 Å². The van der Waals surface area contributed by atoms with Crippen LogP contribution in [0.5, 0.6) is 0 Å². The highest BCUT2D eigenvalue weighted by atomic mass is 32.2. The first-order chi connectivity index (χ1) is 12.9. The van der Waals surface area contributed by atoms with Crippen molar-refractivity contribution in [1.29, 1.82) is 0 Å². The molecule has 1 saturated carbocycles. The SMILES string of the molecule is C=CCNS(=O)(=O)c1ccc(C(=O)NCCCN(C)C2CCCCC2)cc1. The zero-order chi connectivity index (χ0) is 19.7. The highest BCUT2D eigenvalue weighted by Gasteiger charge is 2.17. The van der Waals surface area contributed by atoms with Crippen LogP contribution in [0.3, 0.4) is 0 Å². The van der Waals surface area contributed by atoms with Gasteiger partial charge < -0.3 is 10.2 Å². The van der Waals surface area contributed by atoms with E-state index in [1.165, 1.54) is 62.4 Å². The molecule has 1 aliphatic carbocycles. The van der Waals surface area contributed by atoms with Gasteiger partial charge in [0.2, 0.25) is 10.0 Å². The molecule has 0 heterocycles. The number of carbonyl (C=O) groups excluding carboxylic acids is 1. The van der Waals surface area contributed by atoms with Gasteiger partial charge in [0.05, 0.1) is 4.90 Å². The molecular weight excluding hydrogens is 362 g/mol. The number of benzene rings is 1. The molecule has 0 aromatic heterocycles. The maximum Gasteiger partial charge on any atom is 0.251 e. The van der Waals surface area contributed by atoms with Gasteiger partial charge in [0, 0.05) is 24.7 Å². The molecule has 150 valence electrons. The molecule has 0 saturated heterocycles. The van der Waals surface area contributed by atoms with Gasteiger partial charge in [-0.25, -0.2) is 13.1 Å². The molecule has 27 heavy (non-hydrogen) atoms. The summed E-state index contributed by atoms with van der Waals surface area (Å²) in [6.07, 6.45) is 8.92. The quantitative estimate of drug-likeness (QED) is 0.473. The third-order valence-electron chi connectivity index (χ3n) is 5.02. The summed E-state index contributed by atoms with van der Waals surface area (Å²) in [6.45, 7) is 5.23. The number of nitrogens with one attached hydrogen (secondary N) is 2. The second-order valence-corrected chi connectivity index (χ2v) is 8.81. The average Bonchev–Trinajstić information content (AvgIpc) is 2.70. The molecule has 0 unspecified atom stereocenters. The zero-order valence-electron chi connectivity index (χ0n) is 16.1. The third-order valence-corrected chi connectivity index (χ3v) is 6.46. The second-order valence-electron chi connectivity index (χ2n) is 7.05. The van der Waals surface area contributed by atoms with E-state index in [-0.39, 0.29) is 17.3 Å². The van der Waals surface area contributed by atoms with E-state index in [1.807, 2.05) is 0 Å². The van der Waals surface area contributed by atoms with Gasteiger partial charge in [-0.05, 0) is 57.1 Å². The molecule has 1 aliphatic rings. The summed E-state index contributed by atoms with van der Waals surface area (Å²) >= 11 is 0. The standard InChI is InChI=1S/C20H31N3O3S/c1-3-14-22-27(25,26)19-12-10-17(11-13-19)20(24)21-15-7-16-23(2)18-8-5-4-6-9-18/h3,10-13,18,22H,1,4-9,14-16H2,2H3,(H,21,24). The fourth-order valence-corrected chi connectivity index (χ4v) is 4.37. The van der Waals surface area contributed by atoms with E-state index in [2.05, 4.69) is 28.6 Å². The largest absolute Gasteiger partial charge is 0.352 e. The van der Waals surface area contributed by atoms with E-state index in [0.717, 1.165) is 13.0 Å². The number of sulfonamides is 1. The lowest BCUT2D eigenvalue weighted by Gasteiger charge is -2.31. The number of hydrogen-bond acceptors (Lipinski definition) is 4. The smallest absolute Gasteiger partial charge is 0.251 e. The van der Waals surface area contributed by atoms with Crippen molar-refractivity contribution in [2.75, 3.05) is 26.7 Å². The van der Waals surface area contributed by atoms with Crippen molar-refractivity contribution >= 4 is 15.9 Å². The average molecular weight is 394 g/mol. The fraction of sp³-hybridized carbons (Fsp3) is 0.550. The summed E-state index contributed by atoms with van der Waals surface area (Å²) in [4.78, 5) is 14.8. The highest BCUT2D eigenvalue weighted by Crippen LogP contribution is 2.21. The number of hydrogen-bond donors (Lipinski definition) is 2. The predicted octanol–water partition coefficient (Wildman–Crippen LogP) is 2.54. The van der Waals surface area contributed by atoms with Gasteiger partial charge in [-0.2, -0.15) is 0 Å². The lowest BCUT2D eigenvalue weighted by Crippen LogP contribution is -2.35. The van der Waals surface area contributed by atoms with Crippen LogP contribution in [0.25, 0.3) is 0 Å². The van der Waals surface area contributed by atoms with Crippen molar-refractivity contribution in [3.05, 3.63) is 42.5 Å². The molecule has 1 fully saturated rings. The van der Waals surface area contributed by atoms with Gasteiger partial charge >= 0.3 is 0 Å². The Bertz CT molecular complexity index is 710. The molecule has 0 aliphatic heterocycles. The van der Waals surface area contributed by atoms with Crippen LogP contribution >= 0.6 is 0 Å². The molecular formula is C20H31N3O3S. The summed E-state index contributed by atoms with van der Waals surface area (Å²) in [6, 6.07) is 6.63. The number of carbonyl (C=O) groups is 1. The van der Waals surface area contributed by atoms with E-state index >= 15 is 0 Å². The van der Waals surface area contributed by atoms with Crippen LogP contribution in [0, 0.1) is 0 Å². The maximum absolute atomic E-state index is 12.2. The predicted molar refractivity (Wildman–Crippen MR) is 108 cm³/mol. The van der Waals surface area contributed by atoms with Crippen LogP contribution in [-0.4, -0.2) is 51.9 Å². The Balaban J connectivity index is 1.76. The van der Waals surface area contributed by atoms with Crippen LogP contribution in [-0.2, 0) is 10.0 Å². The Hall–Kier alpha value is -1.70. The Morgan fingerprint density at radius 1 is 1.22 bits per heavy atom. The highest BCUT2D eigenvalue weighted by molar-refractivity contribution is 7.89. The first-order valence-electron chi connectivity index (χ1n) is 9.63. The van der Waals surface area contributed by atoms with Crippen molar-refractivity contribution in [2.45, 2.75) is 49.5 Å². The molecule has 0 bridgehead atoms. The Morgan fingerprint density at radius 3 is 2.52 bits per heavy atom. The maximum atomic E-state index is 12.2. The minimum atomic E-state index is -3.56. The molecule has 7 heteroatoms. The Morgan fingerprint density at radius 2 is 1.89 bits per heavy atom. The Kier molecular flexibility index (Phi) is 8.47. The first kappa shape index (κ1) is 21.6. The van der Waals surface area contributed by atoms with Gasteiger partial charge in [0.15, 0.2) is 0 Å². The zero-order valence-corrected chi connectivity index (χ0v) is 16.9. The van der Waals surface area contributed by atoms with Crippen LogP contribution in [0.2, 0.25) is 0 Å². The van der Waals surface area contributed by atoms with Gasteiger partial charge in [0.25, 0.3) is 5.91 Å². The van der Waals surface area contributed by atoms with Crippen LogP contribution in [0.1, 0.15) is 48.9 Å². The first-order valence-corrected chi connectivity index (χ1v) is 11.1. The van der Waals surface area contributed by atoms with E-state index in [9.17, 15) is 13.2 Å². The summed E-state index contributed by atoms with van der Waals surface area (Å²) in [5, 5.41) is 2.91. The van der Waals surface area contributed by atoms with Crippen molar-refractivity contribution in [3.8, 4) is 0 Å². The van der Waals surface area contributed by atoms with Gasteiger partial charge in [-0.1, -0.05) is 25.3 Å². The van der Waals surface area contributed by atoms with E-state index in [1.54, 1.807) is 0 Å². The minimum absolute atomic E-state index is 0.134. The molecule has 0 radical (unpaired) electrons. The monoisotopic (exact) mass is 393 g/mol. The molecule has 1 aromatic carbocycles. The van der Waals surface area contributed by atoms with Crippen molar-refractivity contribution in [3.63, 3.8) is 0 Å². The van der Waals surface area contributed by atoms with Crippen LogP contribution in [0.4, 0.5) is 0 Å². The lowest BCUT2D eigenvalue weighted by atomic mass is 9.94. The number of nitrogens with zero attached hydrogens (tertiary/aromatic N) is 1. The topological polar surface area (TPSA) is 78.5 Å². The molecule has 0 spiro atoms. The second kappa shape index (κ2) is 10.6. The van der Waals surface area contributed by atoms with E-state index < -0.39 is 10.0 Å². The van der Waals surface area contributed by atoms with Crippen LogP contribution < -0.4 is 10.0 Å². The molecule has 6 nitrogen and oxygen atoms in total. The summed E-state index contributed by atoms with van der Waals surface area (Å²) in [5.74, 6) is -0.182. The summed E-state index contributed by atoms with van der Waals surface area (Å²) in [7, 11) is -1.40. The normalized spacial score (nSPS) is 15.6. The molecule has 2 rings (SSSR count). The van der Waals surface area contributed by atoms with E-state index in [4.69, 9.17) is 0 Å². The third kappa shape index (κ3) is 6.75. The van der Waals surface area contributed by atoms with Crippen molar-refractivity contribution in [2.24, 2.45) is 0 Å². The Labute approximate surface area is 163 Å². The minimum Gasteiger partial charge on any atom is -0.352 e. The van der Waals surface area contributed by atoms with E-state index in [0.29, 0.717) is 18.2 Å². The lowest BCUT2D eigenvalue weighted by molar-refractivity contribution is 0.0950. The number of rotatable bonds is 10. The summed E-state index contributed by atoms with van der Waals surface area (Å²) in [5.41, 5.74) is 0.457. The summed E-state index contributed by atoms with van der Waals surface area (Å²) < 4.78 is 26.4.